The first-order chi connectivity index (χ1) is 10.2. The van der Waals surface area contributed by atoms with Gasteiger partial charge in [0.15, 0.2) is 0 Å². The Morgan fingerprint density at radius 2 is 2.10 bits per heavy atom. The van der Waals surface area contributed by atoms with Crippen LogP contribution in [0.3, 0.4) is 0 Å². The molecule has 0 atom stereocenters. The first kappa shape index (κ1) is 15.2. The van der Waals surface area contributed by atoms with Crippen molar-refractivity contribution in [1.82, 2.24) is 9.97 Å². The molecule has 0 unspecified atom stereocenters. The number of aryl methyl sites for hydroxylation is 1. The van der Waals surface area contributed by atoms with Crippen LogP contribution in [0.1, 0.15) is 23.9 Å². The lowest BCUT2D eigenvalue weighted by Crippen LogP contribution is -2.13. The Morgan fingerprint density at radius 3 is 2.76 bits per heavy atom. The summed E-state index contributed by atoms with van der Waals surface area (Å²) in [6.07, 6.45) is 0.703. The minimum atomic E-state index is 0.504. The highest BCUT2D eigenvalue weighted by Crippen LogP contribution is 2.27. The normalized spacial score (nSPS) is 10.5. The third-order valence-corrected chi connectivity index (χ3v) is 3.02. The average Bonchev–Trinajstić information content (AvgIpc) is 2.50. The molecule has 0 aliphatic rings. The van der Waals surface area contributed by atoms with Crippen LogP contribution in [0.15, 0.2) is 24.3 Å². The SMILES string of the molecule is CCc1nc(NN)c(C)c(Oc2cccc(COC)c2)n1. The van der Waals surface area contributed by atoms with Crippen LogP contribution in [0.2, 0.25) is 0 Å². The molecule has 0 spiro atoms. The molecule has 1 aromatic heterocycles. The summed E-state index contributed by atoms with van der Waals surface area (Å²) in [4.78, 5) is 8.72. The molecule has 1 heterocycles. The van der Waals surface area contributed by atoms with Crippen molar-refractivity contribution in [1.29, 1.82) is 0 Å². The van der Waals surface area contributed by atoms with E-state index in [0.29, 0.717) is 36.3 Å². The van der Waals surface area contributed by atoms with Gasteiger partial charge >= 0.3 is 0 Å². The van der Waals surface area contributed by atoms with E-state index >= 15 is 0 Å². The minimum Gasteiger partial charge on any atom is -0.439 e. The van der Waals surface area contributed by atoms with Crippen LogP contribution >= 0.6 is 0 Å². The molecule has 0 aliphatic heterocycles. The number of nitrogens with one attached hydrogen (secondary N) is 1. The average molecular weight is 288 g/mol. The molecule has 0 saturated carbocycles. The van der Waals surface area contributed by atoms with Crippen molar-refractivity contribution < 1.29 is 9.47 Å². The van der Waals surface area contributed by atoms with E-state index < -0.39 is 0 Å². The zero-order valence-electron chi connectivity index (χ0n) is 12.5. The zero-order chi connectivity index (χ0) is 15.2. The second-order valence-corrected chi connectivity index (χ2v) is 4.60. The van der Waals surface area contributed by atoms with Gasteiger partial charge in [-0.15, -0.1) is 0 Å². The molecule has 0 aliphatic carbocycles. The number of rotatable bonds is 6. The third kappa shape index (κ3) is 3.68. The first-order valence-electron chi connectivity index (χ1n) is 6.77. The van der Waals surface area contributed by atoms with Crippen LogP contribution in [0.5, 0.6) is 11.6 Å². The number of aromatic nitrogens is 2. The monoisotopic (exact) mass is 288 g/mol. The topological polar surface area (TPSA) is 82.3 Å². The molecule has 3 N–H and O–H groups in total. The predicted octanol–water partition coefficient (Wildman–Crippen LogP) is 2.57. The first-order valence-corrected chi connectivity index (χ1v) is 6.77. The summed E-state index contributed by atoms with van der Waals surface area (Å²) in [5, 5.41) is 0. The molecule has 0 saturated heterocycles. The standard InChI is InChI=1S/C15H20N4O2/c1-4-13-17-14(19-16)10(2)15(18-13)21-12-7-5-6-11(8-12)9-20-3/h5-8H,4,9,16H2,1-3H3,(H,17,18,19). The van der Waals surface area contributed by atoms with Gasteiger partial charge in [-0.25, -0.2) is 10.8 Å². The maximum Gasteiger partial charge on any atom is 0.227 e. The highest BCUT2D eigenvalue weighted by Gasteiger charge is 2.11. The smallest absolute Gasteiger partial charge is 0.227 e. The van der Waals surface area contributed by atoms with E-state index in [-0.39, 0.29) is 0 Å². The van der Waals surface area contributed by atoms with Gasteiger partial charge in [0.2, 0.25) is 5.88 Å². The highest BCUT2D eigenvalue weighted by atomic mass is 16.5. The van der Waals surface area contributed by atoms with Gasteiger partial charge in [-0.1, -0.05) is 19.1 Å². The molecule has 0 radical (unpaired) electrons. The van der Waals surface area contributed by atoms with Gasteiger partial charge in [0.1, 0.15) is 17.4 Å². The van der Waals surface area contributed by atoms with Crippen LogP contribution in [0.25, 0.3) is 0 Å². The number of benzene rings is 1. The summed E-state index contributed by atoms with van der Waals surface area (Å²) in [7, 11) is 1.66. The van der Waals surface area contributed by atoms with Crippen molar-refractivity contribution in [3.05, 3.63) is 41.2 Å². The van der Waals surface area contributed by atoms with E-state index in [9.17, 15) is 0 Å². The van der Waals surface area contributed by atoms with Gasteiger partial charge in [-0.2, -0.15) is 4.98 Å². The van der Waals surface area contributed by atoms with Gasteiger partial charge < -0.3 is 14.9 Å². The summed E-state index contributed by atoms with van der Waals surface area (Å²) >= 11 is 0. The van der Waals surface area contributed by atoms with Gasteiger partial charge in [0.25, 0.3) is 0 Å². The summed E-state index contributed by atoms with van der Waals surface area (Å²) in [6, 6.07) is 7.70. The number of nitrogens with two attached hydrogens (primary N) is 1. The molecular weight excluding hydrogens is 268 g/mol. The molecular formula is C15H20N4O2. The van der Waals surface area contributed by atoms with E-state index in [1.165, 1.54) is 0 Å². The van der Waals surface area contributed by atoms with Crippen LogP contribution in [-0.2, 0) is 17.8 Å². The Labute approximate surface area is 124 Å². The number of nitrogen functional groups attached to an aromatic ring is 1. The lowest BCUT2D eigenvalue weighted by atomic mass is 10.2. The number of methoxy groups -OCH3 is 1. The molecule has 0 fully saturated rings. The van der Waals surface area contributed by atoms with Crippen molar-refractivity contribution in [2.75, 3.05) is 12.5 Å². The number of hydrogen-bond acceptors (Lipinski definition) is 6. The summed E-state index contributed by atoms with van der Waals surface area (Å²) < 4.78 is 11.0. The number of nitrogens with zero attached hydrogens (tertiary/aromatic N) is 2. The van der Waals surface area contributed by atoms with Crippen molar-refractivity contribution in [3.63, 3.8) is 0 Å². The number of hydrazine groups is 1. The van der Waals surface area contributed by atoms with E-state index in [2.05, 4.69) is 15.4 Å². The fourth-order valence-electron chi connectivity index (χ4n) is 1.92. The van der Waals surface area contributed by atoms with Crippen molar-refractivity contribution in [3.8, 4) is 11.6 Å². The lowest BCUT2D eigenvalue weighted by molar-refractivity contribution is 0.184. The molecule has 2 aromatic rings. The maximum absolute atomic E-state index is 5.88. The third-order valence-electron chi connectivity index (χ3n) is 3.02. The summed E-state index contributed by atoms with van der Waals surface area (Å²) in [5.41, 5.74) is 4.38. The Balaban J connectivity index is 2.32. The molecule has 112 valence electrons. The quantitative estimate of drug-likeness (QED) is 0.628. The maximum atomic E-state index is 5.88. The number of hydrogen-bond donors (Lipinski definition) is 2. The second kappa shape index (κ2) is 7.01. The largest absolute Gasteiger partial charge is 0.439 e. The van der Waals surface area contributed by atoms with Gasteiger partial charge in [0, 0.05) is 13.5 Å². The fraction of sp³-hybridized carbons (Fsp3) is 0.333. The Kier molecular flexibility index (Phi) is 5.08. The highest BCUT2D eigenvalue weighted by molar-refractivity contribution is 5.49. The van der Waals surface area contributed by atoms with Crippen LogP contribution in [0, 0.1) is 6.92 Å². The molecule has 6 heteroatoms. The Hall–Kier alpha value is -2.18. The van der Waals surface area contributed by atoms with Crippen LogP contribution in [0.4, 0.5) is 5.82 Å². The van der Waals surface area contributed by atoms with Crippen molar-refractivity contribution in [2.24, 2.45) is 5.84 Å². The number of ether oxygens (including phenoxy) is 2. The number of anilines is 1. The molecule has 0 bridgehead atoms. The van der Waals surface area contributed by atoms with Gasteiger partial charge in [-0.05, 0) is 24.6 Å². The Bertz CT molecular complexity index is 617. The molecule has 1 aromatic carbocycles. The fourth-order valence-corrected chi connectivity index (χ4v) is 1.92. The van der Waals surface area contributed by atoms with E-state index in [4.69, 9.17) is 15.3 Å². The molecule has 2 rings (SSSR count). The summed E-state index contributed by atoms with van der Waals surface area (Å²) in [6.45, 7) is 4.38. The van der Waals surface area contributed by atoms with Gasteiger partial charge in [-0.3, -0.25) is 0 Å². The van der Waals surface area contributed by atoms with E-state index in [0.717, 1.165) is 11.1 Å². The van der Waals surface area contributed by atoms with Gasteiger partial charge in [0.05, 0.1) is 12.2 Å². The molecule has 21 heavy (non-hydrogen) atoms. The minimum absolute atomic E-state index is 0.504. The molecule has 6 nitrogen and oxygen atoms in total. The Morgan fingerprint density at radius 1 is 1.29 bits per heavy atom. The van der Waals surface area contributed by atoms with Crippen LogP contribution < -0.4 is 16.0 Å². The zero-order valence-corrected chi connectivity index (χ0v) is 12.5. The van der Waals surface area contributed by atoms with Crippen LogP contribution in [-0.4, -0.2) is 17.1 Å². The van der Waals surface area contributed by atoms with Crippen molar-refractivity contribution >= 4 is 5.82 Å². The van der Waals surface area contributed by atoms with Crippen molar-refractivity contribution in [2.45, 2.75) is 26.9 Å². The second-order valence-electron chi connectivity index (χ2n) is 4.60. The van der Waals surface area contributed by atoms with E-state index in [1.807, 2.05) is 38.1 Å². The lowest BCUT2D eigenvalue weighted by Gasteiger charge is -2.12. The summed E-state index contributed by atoms with van der Waals surface area (Å²) in [5.74, 6) is 7.95. The molecule has 0 amide bonds. The van der Waals surface area contributed by atoms with E-state index in [1.54, 1.807) is 7.11 Å². The predicted molar refractivity (Wildman–Crippen MR) is 81.2 cm³/mol.